The first-order valence-electron chi connectivity index (χ1n) is 7.21. The second kappa shape index (κ2) is 5.70. The molecule has 0 aliphatic heterocycles. The van der Waals surface area contributed by atoms with Crippen LogP contribution in [0.25, 0.3) is 15.8 Å². The Hall–Kier alpha value is -2.92. The summed E-state index contributed by atoms with van der Waals surface area (Å²) in [5.41, 5.74) is 0.954. The molecule has 0 unspecified atom stereocenters. The first-order chi connectivity index (χ1) is 11.3. The fraction of sp³-hybridized carbons (Fsp3) is 0. The number of amides is 1. The molecule has 2 aromatic heterocycles. The standard InChI is InChI=1S/C18H13N3OS/c22-18(16-12-13-6-4-5-9-15(13)23-16)19-17-10-11-21(20-17)14-7-2-1-3-8-14/h1-12H,(H,19,20,22). The molecule has 0 atom stereocenters. The highest BCUT2D eigenvalue weighted by Crippen LogP contribution is 2.25. The summed E-state index contributed by atoms with van der Waals surface area (Å²) in [5, 5.41) is 8.32. The number of carbonyl (C=O) groups is 1. The maximum absolute atomic E-state index is 12.4. The minimum atomic E-state index is -0.135. The number of nitrogens with one attached hydrogen (secondary N) is 1. The van der Waals surface area contributed by atoms with E-state index in [0.717, 1.165) is 15.8 Å². The number of aromatic nitrogens is 2. The molecule has 0 bridgehead atoms. The Kier molecular flexibility index (Phi) is 3.40. The largest absolute Gasteiger partial charge is 0.304 e. The van der Waals surface area contributed by atoms with Crippen LogP contribution >= 0.6 is 11.3 Å². The molecule has 2 heterocycles. The van der Waals surface area contributed by atoms with Crippen LogP contribution in [0.3, 0.4) is 0 Å². The fourth-order valence-electron chi connectivity index (χ4n) is 2.39. The van der Waals surface area contributed by atoms with Crippen LogP contribution in [0.4, 0.5) is 5.82 Å². The van der Waals surface area contributed by atoms with E-state index in [2.05, 4.69) is 10.4 Å². The quantitative estimate of drug-likeness (QED) is 0.610. The van der Waals surface area contributed by atoms with Crippen molar-refractivity contribution in [3.05, 3.63) is 77.8 Å². The zero-order valence-corrected chi connectivity index (χ0v) is 13.0. The lowest BCUT2D eigenvalue weighted by Gasteiger charge is -2.01. The molecule has 23 heavy (non-hydrogen) atoms. The third-order valence-corrected chi connectivity index (χ3v) is 4.62. The molecule has 0 aliphatic rings. The average Bonchev–Trinajstić information content (AvgIpc) is 3.22. The number of para-hydroxylation sites is 1. The van der Waals surface area contributed by atoms with Gasteiger partial charge >= 0.3 is 0 Å². The fourth-order valence-corrected chi connectivity index (χ4v) is 3.34. The predicted octanol–water partition coefficient (Wildman–Crippen LogP) is 4.34. The SMILES string of the molecule is O=C(Nc1ccn(-c2ccccc2)n1)c1cc2ccccc2s1. The van der Waals surface area contributed by atoms with E-state index in [1.165, 1.54) is 11.3 Å². The van der Waals surface area contributed by atoms with Gasteiger partial charge in [-0.3, -0.25) is 4.79 Å². The first-order valence-corrected chi connectivity index (χ1v) is 8.02. The third kappa shape index (κ3) is 2.74. The van der Waals surface area contributed by atoms with Crippen LogP contribution in [0.5, 0.6) is 0 Å². The molecule has 4 rings (SSSR count). The van der Waals surface area contributed by atoms with E-state index in [0.29, 0.717) is 10.7 Å². The van der Waals surface area contributed by atoms with Crippen molar-refractivity contribution in [2.75, 3.05) is 5.32 Å². The van der Waals surface area contributed by atoms with E-state index in [4.69, 9.17) is 0 Å². The monoisotopic (exact) mass is 319 g/mol. The van der Waals surface area contributed by atoms with E-state index in [1.54, 1.807) is 10.7 Å². The Morgan fingerprint density at radius 3 is 2.61 bits per heavy atom. The van der Waals surface area contributed by atoms with Gasteiger partial charge in [-0.15, -0.1) is 11.3 Å². The van der Waals surface area contributed by atoms with Crippen molar-refractivity contribution in [1.29, 1.82) is 0 Å². The lowest BCUT2D eigenvalue weighted by Crippen LogP contribution is -2.10. The number of benzene rings is 2. The van der Waals surface area contributed by atoms with Crippen LogP contribution in [-0.2, 0) is 0 Å². The number of rotatable bonds is 3. The highest BCUT2D eigenvalue weighted by Gasteiger charge is 2.11. The van der Waals surface area contributed by atoms with E-state index >= 15 is 0 Å². The van der Waals surface area contributed by atoms with Crippen molar-refractivity contribution < 1.29 is 4.79 Å². The molecule has 5 heteroatoms. The number of nitrogens with zero attached hydrogens (tertiary/aromatic N) is 2. The van der Waals surface area contributed by atoms with Crippen LogP contribution < -0.4 is 5.32 Å². The van der Waals surface area contributed by atoms with Crippen LogP contribution in [0.2, 0.25) is 0 Å². The van der Waals surface area contributed by atoms with Crippen LogP contribution in [0, 0.1) is 0 Å². The summed E-state index contributed by atoms with van der Waals surface area (Å²) in [6, 6.07) is 21.4. The molecule has 0 radical (unpaired) electrons. The molecule has 112 valence electrons. The van der Waals surface area contributed by atoms with Crippen molar-refractivity contribution in [1.82, 2.24) is 9.78 Å². The molecular formula is C18H13N3OS. The maximum atomic E-state index is 12.4. The normalized spacial score (nSPS) is 10.8. The molecule has 0 saturated carbocycles. The Morgan fingerprint density at radius 2 is 1.78 bits per heavy atom. The summed E-state index contributed by atoms with van der Waals surface area (Å²) in [5.74, 6) is 0.404. The Balaban J connectivity index is 1.56. The number of thiophene rings is 1. The van der Waals surface area contributed by atoms with Gasteiger partial charge < -0.3 is 5.32 Å². The Labute approximate surface area is 137 Å². The number of hydrogen-bond donors (Lipinski definition) is 1. The summed E-state index contributed by atoms with van der Waals surface area (Å²) < 4.78 is 2.84. The van der Waals surface area contributed by atoms with Crippen LogP contribution in [-0.4, -0.2) is 15.7 Å². The van der Waals surface area contributed by atoms with Crippen molar-refractivity contribution in [3.8, 4) is 5.69 Å². The van der Waals surface area contributed by atoms with Gasteiger partial charge in [-0.25, -0.2) is 4.68 Å². The lowest BCUT2D eigenvalue weighted by molar-refractivity contribution is 0.103. The number of anilines is 1. The Morgan fingerprint density at radius 1 is 1.00 bits per heavy atom. The highest BCUT2D eigenvalue weighted by molar-refractivity contribution is 7.20. The number of carbonyl (C=O) groups excluding carboxylic acids is 1. The van der Waals surface area contributed by atoms with Gasteiger partial charge in [0.15, 0.2) is 5.82 Å². The van der Waals surface area contributed by atoms with Gasteiger partial charge in [-0.05, 0) is 29.7 Å². The smallest absolute Gasteiger partial charge is 0.266 e. The van der Waals surface area contributed by atoms with Crippen LogP contribution in [0.15, 0.2) is 72.9 Å². The summed E-state index contributed by atoms with van der Waals surface area (Å²) in [6.45, 7) is 0. The molecule has 1 amide bonds. The zero-order valence-electron chi connectivity index (χ0n) is 12.1. The van der Waals surface area contributed by atoms with Gasteiger partial charge in [0.25, 0.3) is 5.91 Å². The number of hydrogen-bond acceptors (Lipinski definition) is 3. The molecule has 0 saturated heterocycles. The van der Waals surface area contributed by atoms with E-state index in [-0.39, 0.29) is 5.91 Å². The van der Waals surface area contributed by atoms with E-state index in [9.17, 15) is 4.79 Å². The van der Waals surface area contributed by atoms with E-state index in [1.807, 2.05) is 66.9 Å². The molecule has 0 spiro atoms. The molecule has 4 nitrogen and oxygen atoms in total. The van der Waals surface area contributed by atoms with Gasteiger partial charge in [-0.1, -0.05) is 36.4 Å². The van der Waals surface area contributed by atoms with E-state index < -0.39 is 0 Å². The maximum Gasteiger partial charge on any atom is 0.266 e. The van der Waals surface area contributed by atoms with Gasteiger partial charge in [0, 0.05) is 17.0 Å². The molecule has 0 aliphatic carbocycles. The van der Waals surface area contributed by atoms with Crippen molar-refractivity contribution in [2.24, 2.45) is 0 Å². The van der Waals surface area contributed by atoms with Gasteiger partial charge in [0.05, 0.1) is 10.6 Å². The summed E-state index contributed by atoms with van der Waals surface area (Å²) in [7, 11) is 0. The van der Waals surface area contributed by atoms with Crippen molar-refractivity contribution >= 4 is 33.1 Å². The number of fused-ring (bicyclic) bond motifs is 1. The minimum absolute atomic E-state index is 0.135. The van der Waals surface area contributed by atoms with Gasteiger partial charge in [-0.2, -0.15) is 5.10 Å². The summed E-state index contributed by atoms with van der Waals surface area (Å²) in [4.78, 5) is 13.1. The Bertz CT molecular complexity index is 939. The second-order valence-corrected chi connectivity index (χ2v) is 6.17. The van der Waals surface area contributed by atoms with Crippen molar-refractivity contribution in [3.63, 3.8) is 0 Å². The molecule has 0 fully saturated rings. The van der Waals surface area contributed by atoms with Crippen LogP contribution in [0.1, 0.15) is 9.67 Å². The van der Waals surface area contributed by atoms with Gasteiger partial charge in [0.1, 0.15) is 0 Å². The second-order valence-electron chi connectivity index (χ2n) is 5.08. The highest BCUT2D eigenvalue weighted by atomic mass is 32.1. The first kappa shape index (κ1) is 13.7. The lowest BCUT2D eigenvalue weighted by atomic mass is 10.2. The van der Waals surface area contributed by atoms with Crippen molar-refractivity contribution in [2.45, 2.75) is 0 Å². The molecule has 1 N–H and O–H groups in total. The topological polar surface area (TPSA) is 46.9 Å². The molecule has 2 aromatic carbocycles. The average molecular weight is 319 g/mol. The minimum Gasteiger partial charge on any atom is -0.304 e. The third-order valence-electron chi connectivity index (χ3n) is 3.50. The summed E-state index contributed by atoms with van der Waals surface area (Å²) >= 11 is 1.48. The molecular weight excluding hydrogens is 306 g/mol. The zero-order chi connectivity index (χ0) is 15.6. The van der Waals surface area contributed by atoms with Gasteiger partial charge in [0.2, 0.25) is 0 Å². The summed E-state index contributed by atoms with van der Waals surface area (Å²) in [6.07, 6.45) is 1.83. The molecule has 4 aromatic rings. The predicted molar refractivity (Wildman–Crippen MR) is 93.3 cm³/mol.